The van der Waals surface area contributed by atoms with Gasteiger partial charge in [0.1, 0.15) is 17.2 Å². The highest BCUT2D eigenvalue weighted by molar-refractivity contribution is 6.31. The van der Waals surface area contributed by atoms with Crippen LogP contribution >= 0.6 is 11.6 Å². The number of benzene rings is 3. The molecular weight excluding hydrogens is 562 g/mol. The Morgan fingerprint density at radius 3 is 2.38 bits per heavy atom. The summed E-state index contributed by atoms with van der Waals surface area (Å²) in [5.41, 5.74) is 2.64. The Morgan fingerprint density at radius 1 is 0.857 bits per heavy atom. The van der Waals surface area contributed by atoms with Gasteiger partial charge >= 0.3 is 0 Å². The third kappa shape index (κ3) is 5.27. The van der Waals surface area contributed by atoms with Gasteiger partial charge in [0.2, 0.25) is 0 Å². The van der Waals surface area contributed by atoms with Crippen molar-refractivity contribution in [3.05, 3.63) is 122 Å². The Labute approximate surface area is 245 Å². The molecule has 3 heterocycles. The summed E-state index contributed by atoms with van der Waals surface area (Å²) in [7, 11) is 0. The molecule has 4 aromatic rings. The summed E-state index contributed by atoms with van der Waals surface area (Å²) in [5, 5.41) is 5.97. The fraction of sp³-hybridized carbons (Fsp3) is 0.219. The minimum absolute atomic E-state index is 0.0270. The number of aromatic nitrogens is 1. The first-order valence-corrected chi connectivity index (χ1v) is 14.0. The van der Waals surface area contributed by atoms with E-state index < -0.39 is 29.0 Å². The second-order valence-electron chi connectivity index (χ2n) is 10.8. The molecule has 42 heavy (non-hydrogen) atoms. The molecular formula is C32H27ClF2N4O3. The largest absolute Gasteiger partial charge is 0.369 e. The molecule has 1 aromatic heterocycles. The highest BCUT2D eigenvalue weighted by atomic mass is 35.5. The van der Waals surface area contributed by atoms with E-state index in [0.29, 0.717) is 36.0 Å². The van der Waals surface area contributed by atoms with Crippen molar-refractivity contribution in [1.82, 2.24) is 4.57 Å². The maximum atomic E-state index is 14.5. The third-order valence-corrected chi connectivity index (χ3v) is 8.20. The normalized spacial score (nSPS) is 17.4. The third-order valence-electron chi connectivity index (χ3n) is 7.97. The molecule has 0 spiro atoms. The van der Waals surface area contributed by atoms with Crippen LogP contribution in [0.1, 0.15) is 44.3 Å². The monoisotopic (exact) mass is 588 g/mol. The van der Waals surface area contributed by atoms with Crippen molar-refractivity contribution in [1.29, 1.82) is 0 Å². The maximum Gasteiger partial charge on any atom is 0.261 e. The minimum Gasteiger partial charge on any atom is -0.369 e. The molecule has 2 unspecified atom stereocenters. The van der Waals surface area contributed by atoms with E-state index in [9.17, 15) is 23.2 Å². The molecule has 1 fully saturated rings. The maximum absolute atomic E-state index is 14.5. The van der Waals surface area contributed by atoms with Crippen molar-refractivity contribution in [3.8, 4) is 0 Å². The number of amides is 2. The van der Waals surface area contributed by atoms with Crippen LogP contribution in [-0.2, 0) is 6.54 Å². The van der Waals surface area contributed by atoms with Crippen molar-refractivity contribution in [3.63, 3.8) is 0 Å². The molecule has 7 nitrogen and oxygen atoms in total. The highest BCUT2D eigenvalue weighted by Gasteiger charge is 2.35. The van der Waals surface area contributed by atoms with Crippen LogP contribution in [0.4, 0.5) is 25.8 Å². The Kier molecular flexibility index (Phi) is 7.28. The van der Waals surface area contributed by atoms with E-state index in [0.717, 1.165) is 29.8 Å². The lowest BCUT2D eigenvalue weighted by molar-refractivity contribution is 0.101. The number of fused-ring (bicyclic) bond motifs is 4. The smallest absolute Gasteiger partial charge is 0.261 e. The van der Waals surface area contributed by atoms with Gasteiger partial charge in [0.05, 0.1) is 11.4 Å². The first-order valence-electron chi connectivity index (χ1n) is 13.6. The number of rotatable bonds is 5. The van der Waals surface area contributed by atoms with Gasteiger partial charge in [-0.2, -0.15) is 0 Å². The van der Waals surface area contributed by atoms with Gasteiger partial charge in [0.25, 0.3) is 17.4 Å². The van der Waals surface area contributed by atoms with Gasteiger partial charge in [0, 0.05) is 53.6 Å². The van der Waals surface area contributed by atoms with E-state index in [-0.39, 0.29) is 28.6 Å². The molecule has 6 rings (SSSR count). The number of carbonyl (C=O) groups excluding carboxylic acids is 2. The molecule has 2 aliphatic rings. The quantitative estimate of drug-likeness (QED) is 0.290. The fourth-order valence-corrected chi connectivity index (χ4v) is 6.14. The van der Waals surface area contributed by atoms with Crippen molar-refractivity contribution in [2.75, 3.05) is 28.6 Å². The van der Waals surface area contributed by atoms with E-state index in [1.54, 1.807) is 42.5 Å². The lowest BCUT2D eigenvalue weighted by atomic mass is 9.83. The summed E-state index contributed by atoms with van der Waals surface area (Å²) in [4.78, 5) is 41.0. The number of hydrogen-bond donors (Lipinski definition) is 2. The molecule has 0 radical (unpaired) electrons. The molecule has 2 amide bonds. The number of pyridine rings is 1. The van der Waals surface area contributed by atoms with Crippen LogP contribution in [-0.4, -0.2) is 29.5 Å². The average Bonchev–Trinajstić information content (AvgIpc) is 2.95. The number of piperidine rings is 1. The average molecular weight is 589 g/mol. The molecule has 2 N–H and O–H groups in total. The first-order chi connectivity index (χ1) is 20.2. The number of aryl methyl sites for hydroxylation is 1. The van der Waals surface area contributed by atoms with E-state index in [1.165, 1.54) is 12.1 Å². The van der Waals surface area contributed by atoms with Crippen LogP contribution in [0.2, 0.25) is 5.02 Å². The van der Waals surface area contributed by atoms with Crippen LogP contribution in [0.5, 0.6) is 0 Å². The zero-order valence-corrected chi connectivity index (χ0v) is 23.4. The van der Waals surface area contributed by atoms with Crippen LogP contribution in [0, 0.1) is 24.5 Å². The van der Waals surface area contributed by atoms with Crippen LogP contribution in [0.25, 0.3) is 0 Å². The molecule has 2 atom stereocenters. The number of nitrogens with one attached hydrogen (secondary N) is 2. The van der Waals surface area contributed by atoms with Gasteiger partial charge < -0.3 is 20.1 Å². The summed E-state index contributed by atoms with van der Waals surface area (Å²) in [6, 6.07) is 18.5. The van der Waals surface area contributed by atoms with Crippen LogP contribution in [0.15, 0.2) is 77.6 Å². The SMILES string of the molecule is Cc1ccc(Cl)cc1NC(=O)c1ccc(N2CC3CC(C2)c2cccc(=O)n2C3)c(NC(=O)c2c(F)cccc2F)c1. The number of hydrogen-bond acceptors (Lipinski definition) is 4. The van der Waals surface area contributed by atoms with E-state index in [4.69, 9.17) is 11.6 Å². The lowest BCUT2D eigenvalue weighted by Gasteiger charge is -2.44. The van der Waals surface area contributed by atoms with E-state index in [2.05, 4.69) is 15.5 Å². The number of anilines is 3. The van der Waals surface area contributed by atoms with Crippen molar-refractivity contribution >= 4 is 40.5 Å². The molecule has 1 saturated heterocycles. The Morgan fingerprint density at radius 2 is 1.60 bits per heavy atom. The number of carbonyl (C=O) groups is 2. The first kappa shape index (κ1) is 27.7. The van der Waals surface area contributed by atoms with Gasteiger partial charge in [-0.15, -0.1) is 0 Å². The van der Waals surface area contributed by atoms with Gasteiger partial charge in [-0.05, 0) is 73.4 Å². The van der Waals surface area contributed by atoms with Crippen molar-refractivity contribution < 1.29 is 18.4 Å². The van der Waals surface area contributed by atoms with E-state index >= 15 is 0 Å². The molecule has 2 aliphatic heterocycles. The molecule has 0 aliphatic carbocycles. The van der Waals surface area contributed by atoms with Crippen molar-refractivity contribution in [2.24, 2.45) is 5.92 Å². The van der Waals surface area contributed by atoms with Gasteiger partial charge in [-0.25, -0.2) is 8.78 Å². The molecule has 2 bridgehead atoms. The topological polar surface area (TPSA) is 83.4 Å². The zero-order valence-electron chi connectivity index (χ0n) is 22.7. The molecule has 0 saturated carbocycles. The summed E-state index contributed by atoms with van der Waals surface area (Å²) in [5.74, 6) is -3.14. The summed E-state index contributed by atoms with van der Waals surface area (Å²) >= 11 is 6.12. The lowest BCUT2D eigenvalue weighted by Crippen LogP contribution is -2.47. The van der Waals surface area contributed by atoms with Crippen LogP contribution < -0.4 is 21.1 Å². The zero-order chi connectivity index (χ0) is 29.5. The fourth-order valence-electron chi connectivity index (χ4n) is 5.97. The van der Waals surface area contributed by atoms with Gasteiger partial charge in [-0.3, -0.25) is 14.4 Å². The van der Waals surface area contributed by atoms with E-state index in [1.807, 2.05) is 17.6 Å². The second kappa shape index (κ2) is 11.1. The molecule has 3 aromatic carbocycles. The Balaban J connectivity index is 1.36. The number of nitrogens with zero attached hydrogens (tertiary/aromatic N) is 2. The highest BCUT2D eigenvalue weighted by Crippen LogP contribution is 2.39. The van der Waals surface area contributed by atoms with Gasteiger partial charge in [0.15, 0.2) is 0 Å². The minimum atomic E-state index is -0.992. The predicted molar refractivity (Wildman–Crippen MR) is 159 cm³/mol. The molecule has 214 valence electrons. The second-order valence-corrected chi connectivity index (χ2v) is 11.2. The molecule has 10 heteroatoms. The Hall–Kier alpha value is -4.50. The van der Waals surface area contributed by atoms with Gasteiger partial charge in [-0.1, -0.05) is 29.8 Å². The summed E-state index contributed by atoms with van der Waals surface area (Å²) in [6.07, 6.45) is 0.918. The van der Waals surface area contributed by atoms with Crippen molar-refractivity contribution in [2.45, 2.75) is 25.8 Å². The number of halogens is 3. The Bertz CT molecular complexity index is 1770. The summed E-state index contributed by atoms with van der Waals surface area (Å²) in [6.45, 7) is 3.57. The predicted octanol–water partition coefficient (Wildman–Crippen LogP) is 6.22. The van der Waals surface area contributed by atoms with Crippen LogP contribution in [0.3, 0.4) is 0 Å². The standard InChI is InChI=1S/C32H27ClF2N4O3/c1-18-8-10-22(33)14-25(18)36-31(41)20-9-11-28(26(13-20)37-32(42)30-23(34)4-2-5-24(30)35)38-15-19-12-21(17-38)27-6-3-7-29(40)39(27)16-19/h2-11,13-14,19,21H,12,15-17H2,1H3,(H,36,41)(H,37,42). The summed E-state index contributed by atoms with van der Waals surface area (Å²) < 4.78 is 30.8.